The molecule has 0 aromatic heterocycles. The molecule has 0 spiro atoms. The zero-order valence-electron chi connectivity index (χ0n) is 5.15. The van der Waals surface area contributed by atoms with Gasteiger partial charge in [0.15, 0.2) is 0 Å². The van der Waals surface area contributed by atoms with Crippen LogP contribution in [0.1, 0.15) is 0 Å². The number of nitrogens with two attached hydrogens (primary N) is 1. The maximum atomic E-state index is 10.5. The van der Waals surface area contributed by atoms with Gasteiger partial charge in [-0.25, -0.2) is 0 Å². The predicted octanol–water partition coefficient (Wildman–Crippen LogP) is 0.644. The average Bonchev–Trinajstić information content (AvgIpc) is 2.12. The molecule has 0 atom stereocenters. The Kier molecular flexibility index (Phi) is 2.28. The number of allylic oxidation sites excluding steroid dienone is 1. The number of primary amides is 1. The summed E-state index contributed by atoms with van der Waals surface area (Å²) in [5.41, 5.74) is 5.01. The number of hydrogen-bond donors (Lipinski definition) is 1. The number of carbonyl (C=O) groups is 1. The van der Waals surface area contributed by atoms with Crippen molar-refractivity contribution < 1.29 is 4.79 Å². The summed E-state index contributed by atoms with van der Waals surface area (Å²) in [5, 5.41) is 1.71. The second-order valence-electron chi connectivity index (χ2n) is 1.60. The first-order chi connectivity index (χ1) is 4.80. The Bertz CT molecular complexity index is 230. The molecular formula is C6H6N2OS. The number of hydrogen-bond acceptors (Lipinski definition) is 3. The summed E-state index contributed by atoms with van der Waals surface area (Å²) in [6, 6.07) is 0. The number of amides is 1. The van der Waals surface area contributed by atoms with Crippen molar-refractivity contribution in [2.45, 2.75) is 0 Å². The Morgan fingerprint density at radius 3 is 3.20 bits per heavy atom. The SMILES string of the molecule is NC(=O)C1=CC=NC=CS1. The lowest BCUT2D eigenvalue weighted by Crippen LogP contribution is -2.11. The van der Waals surface area contributed by atoms with Crippen LogP contribution in [-0.2, 0) is 4.79 Å². The fraction of sp³-hybridized carbons (Fsp3) is 0. The van der Waals surface area contributed by atoms with Gasteiger partial charge in [0.25, 0.3) is 5.91 Å². The molecule has 4 heteroatoms. The van der Waals surface area contributed by atoms with Gasteiger partial charge in [0.2, 0.25) is 0 Å². The van der Waals surface area contributed by atoms with Gasteiger partial charge in [0, 0.05) is 12.4 Å². The topological polar surface area (TPSA) is 55.5 Å². The van der Waals surface area contributed by atoms with E-state index in [-0.39, 0.29) is 0 Å². The van der Waals surface area contributed by atoms with E-state index >= 15 is 0 Å². The predicted molar refractivity (Wildman–Crippen MR) is 42.5 cm³/mol. The number of thioether (sulfide) groups is 1. The first-order valence-electron chi connectivity index (χ1n) is 2.65. The number of rotatable bonds is 1. The highest BCUT2D eigenvalue weighted by Crippen LogP contribution is 2.16. The third-order valence-corrected chi connectivity index (χ3v) is 1.75. The molecule has 3 nitrogen and oxygen atoms in total. The molecule has 1 amide bonds. The first-order valence-corrected chi connectivity index (χ1v) is 3.53. The van der Waals surface area contributed by atoms with Crippen LogP contribution in [0.3, 0.4) is 0 Å². The van der Waals surface area contributed by atoms with Crippen LogP contribution in [0.4, 0.5) is 0 Å². The zero-order chi connectivity index (χ0) is 7.40. The summed E-state index contributed by atoms with van der Waals surface area (Å²) >= 11 is 1.27. The van der Waals surface area contributed by atoms with Crippen LogP contribution in [0.25, 0.3) is 0 Å². The molecule has 0 aliphatic carbocycles. The summed E-state index contributed by atoms with van der Waals surface area (Å²) in [4.78, 5) is 14.8. The maximum Gasteiger partial charge on any atom is 0.255 e. The lowest BCUT2D eigenvalue weighted by molar-refractivity contribution is -0.113. The molecule has 10 heavy (non-hydrogen) atoms. The molecule has 1 rings (SSSR count). The molecule has 0 saturated heterocycles. The maximum absolute atomic E-state index is 10.5. The monoisotopic (exact) mass is 154 g/mol. The van der Waals surface area contributed by atoms with Gasteiger partial charge in [0.1, 0.15) is 0 Å². The Morgan fingerprint density at radius 1 is 1.70 bits per heavy atom. The minimum atomic E-state index is -0.414. The minimum Gasteiger partial charge on any atom is -0.365 e. The van der Waals surface area contributed by atoms with Crippen molar-refractivity contribution in [1.82, 2.24) is 0 Å². The fourth-order valence-corrected chi connectivity index (χ4v) is 1.01. The molecule has 1 heterocycles. The molecule has 0 aromatic carbocycles. The highest BCUT2D eigenvalue weighted by molar-refractivity contribution is 8.06. The fourth-order valence-electron chi connectivity index (χ4n) is 0.479. The van der Waals surface area contributed by atoms with E-state index in [4.69, 9.17) is 5.73 Å². The van der Waals surface area contributed by atoms with Gasteiger partial charge in [-0.1, -0.05) is 11.8 Å². The van der Waals surface area contributed by atoms with Crippen LogP contribution in [0, 0.1) is 0 Å². The molecule has 1 aliphatic rings. The van der Waals surface area contributed by atoms with Gasteiger partial charge in [-0.3, -0.25) is 9.79 Å². The smallest absolute Gasteiger partial charge is 0.255 e. The number of carbonyl (C=O) groups excluding carboxylic acids is 1. The van der Waals surface area contributed by atoms with Gasteiger partial charge in [-0.05, 0) is 11.5 Å². The molecule has 0 bridgehead atoms. The van der Waals surface area contributed by atoms with E-state index in [0.717, 1.165) is 0 Å². The van der Waals surface area contributed by atoms with E-state index in [1.807, 2.05) is 0 Å². The molecule has 0 fully saturated rings. The zero-order valence-corrected chi connectivity index (χ0v) is 5.97. The van der Waals surface area contributed by atoms with Crippen LogP contribution in [0.5, 0.6) is 0 Å². The number of aliphatic imine (C=N–C) groups is 1. The second kappa shape index (κ2) is 3.22. The highest BCUT2D eigenvalue weighted by atomic mass is 32.2. The Morgan fingerprint density at radius 2 is 2.50 bits per heavy atom. The highest BCUT2D eigenvalue weighted by Gasteiger charge is 2.02. The van der Waals surface area contributed by atoms with Crippen LogP contribution in [0.15, 0.2) is 27.6 Å². The molecule has 0 aromatic rings. The van der Waals surface area contributed by atoms with E-state index in [1.54, 1.807) is 17.7 Å². The molecule has 52 valence electrons. The van der Waals surface area contributed by atoms with Crippen molar-refractivity contribution in [2.24, 2.45) is 10.7 Å². The summed E-state index contributed by atoms with van der Waals surface area (Å²) in [6.45, 7) is 0. The van der Waals surface area contributed by atoms with Gasteiger partial charge in [-0.2, -0.15) is 0 Å². The van der Waals surface area contributed by atoms with Gasteiger partial charge in [0.05, 0.1) is 4.91 Å². The van der Waals surface area contributed by atoms with Crippen molar-refractivity contribution >= 4 is 23.9 Å². The third kappa shape index (κ3) is 1.73. The average molecular weight is 154 g/mol. The van der Waals surface area contributed by atoms with E-state index in [0.29, 0.717) is 4.91 Å². The molecule has 0 radical (unpaired) electrons. The van der Waals surface area contributed by atoms with Crippen molar-refractivity contribution in [3.05, 3.63) is 22.6 Å². The van der Waals surface area contributed by atoms with Crippen molar-refractivity contribution in [1.29, 1.82) is 0 Å². The lowest BCUT2D eigenvalue weighted by atomic mass is 10.5. The van der Waals surface area contributed by atoms with Crippen LogP contribution < -0.4 is 5.73 Å². The van der Waals surface area contributed by atoms with Crippen molar-refractivity contribution in [3.63, 3.8) is 0 Å². The Labute approximate surface area is 62.7 Å². The molecule has 2 N–H and O–H groups in total. The van der Waals surface area contributed by atoms with Gasteiger partial charge in [-0.15, -0.1) is 0 Å². The van der Waals surface area contributed by atoms with E-state index in [9.17, 15) is 4.79 Å². The largest absolute Gasteiger partial charge is 0.365 e. The van der Waals surface area contributed by atoms with E-state index in [2.05, 4.69) is 4.99 Å². The summed E-state index contributed by atoms with van der Waals surface area (Å²) in [5.74, 6) is -0.414. The quantitative estimate of drug-likeness (QED) is 0.602. The summed E-state index contributed by atoms with van der Waals surface area (Å²) < 4.78 is 0. The first kappa shape index (κ1) is 7.08. The molecule has 0 saturated carbocycles. The standard InChI is InChI=1S/C6H6N2OS/c7-6(9)5-1-2-8-3-4-10-5/h1-4H,(H2,7,9). The van der Waals surface area contributed by atoms with Gasteiger partial charge < -0.3 is 5.73 Å². The van der Waals surface area contributed by atoms with Gasteiger partial charge >= 0.3 is 0 Å². The number of nitrogens with zero attached hydrogens (tertiary/aromatic N) is 1. The third-order valence-electron chi connectivity index (χ3n) is 0.897. The van der Waals surface area contributed by atoms with Crippen molar-refractivity contribution in [3.8, 4) is 0 Å². The van der Waals surface area contributed by atoms with E-state index in [1.165, 1.54) is 18.0 Å². The molecule has 1 aliphatic heterocycles. The van der Waals surface area contributed by atoms with E-state index < -0.39 is 5.91 Å². The van der Waals surface area contributed by atoms with Crippen LogP contribution in [0.2, 0.25) is 0 Å². The molecule has 0 unspecified atom stereocenters. The van der Waals surface area contributed by atoms with Crippen LogP contribution >= 0.6 is 11.8 Å². The molecular weight excluding hydrogens is 148 g/mol. The lowest BCUT2D eigenvalue weighted by Gasteiger charge is -1.92. The van der Waals surface area contributed by atoms with Crippen molar-refractivity contribution in [2.75, 3.05) is 0 Å². The second-order valence-corrected chi connectivity index (χ2v) is 2.54. The Hall–Kier alpha value is -1.03. The summed E-state index contributed by atoms with van der Waals surface area (Å²) in [6.07, 6.45) is 4.74. The normalized spacial score (nSPS) is 16.2. The van der Waals surface area contributed by atoms with Crippen LogP contribution in [-0.4, -0.2) is 12.1 Å². The minimum absolute atomic E-state index is 0.414. The summed E-state index contributed by atoms with van der Waals surface area (Å²) in [7, 11) is 0. The Balaban J connectivity index is 2.78.